The van der Waals surface area contributed by atoms with Crippen LogP contribution in [0.1, 0.15) is 72.3 Å². The molecule has 2 bridgehead atoms. The first kappa shape index (κ1) is 30.0. The van der Waals surface area contributed by atoms with Crippen molar-refractivity contribution < 1.29 is 22.7 Å². The van der Waals surface area contributed by atoms with Gasteiger partial charge in [0.05, 0.1) is 19.3 Å². The van der Waals surface area contributed by atoms with Crippen molar-refractivity contribution >= 4 is 39.0 Å². The van der Waals surface area contributed by atoms with Gasteiger partial charge in [0.2, 0.25) is 0 Å². The molecule has 1 aliphatic carbocycles. The van der Waals surface area contributed by atoms with Crippen LogP contribution in [0.3, 0.4) is 0 Å². The molecule has 11 heteroatoms. The first-order chi connectivity index (χ1) is 21.6. The summed E-state index contributed by atoms with van der Waals surface area (Å²) in [4.78, 5) is 29.5. The second kappa shape index (κ2) is 11.6. The Labute approximate surface area is 264 Å². The highest BCUT2D eigenvalue weighted by Crippen LogP contribution is 2.47. The lowest BCUT2D eigenvalue weighted by molar-refractivity contribution is -0.128. The number of fused-ring (bicyclic) bond motifs is 7. The van der Waals surface area contributed by atoms with E-state index in [1.165, 1.54) is 26.1 Å². The molecule has 3 fully saturated rings. The van der Waals surface area contributed by atoms with Crippen LogP contribution in [-0.2, 0) is 21.5 Å². The molecule has 1 saturated carbocycles. The van der Waals surface area contributed by atoms with E-state index < -0.39 is 16.1 Å². The first-order valence-electron chi connectivity index (χ1n) is 16.0. The van der Waals surface area contributed by atoms with Crippen LogP contribution in [0.2, 0.25) is 0 Å². The second-order valence-corrected chi connectivity index (χ2v) is 15.0. The third kappa shape index (κ3) is 5.44. The van der Waals surface area contributed by atoms with Crippen LogP contribution in [0.15, 0.2) is 42.0 Å². The summed E-state index contributed by atoms with van der Waals surface area (Å²) in [6, 6.07) is 12.2. The second-order valence-electron chi connectivity index (χ2n) is 13.1. The summed E-state index contributed by atoms with van der Waals surface area (Å²) in [6.07, 6.45) is 9.86. The minimum Gasteiger partial charge on any atom is -0.497 e. The van der Waals surface area contributed by atoms with E-state index in [1.54, 1.807) is 19.2 Å². The monoisotopic (exact) mass is 631 g/mol. The molecular formula is C34H41N5O5S. The Kier molecular flexibility index (Phi) is 7.74. The van der Waals surface area contributed by atoms with Gasteiger partial charge in [-0.3, -0.25) is 9.59 Å². The van der Waals surface area contributed by atoms with Crippen molar-refractivity contribution in [3.05, 3.63) is 58.7 Å². The molecule has 2 N–H and O–H groups in total. The molecule has 10 nitrogen and oxygen atoms in total. The van der Waals surface area contributed by atoms with Crippen LogP contribution in [0.5, 0.6) is 5.75 Å². The van der Waals surface area contributed by atoms with Gasteiger partial charge in [-0.15, -0.1) is 0 Å². The number of carbonyl (C=O) groups is 2. The van der Waals surface area contributed by atoms with Gasteiger partial charge >= 0.3 is 10.2 Å². The van der Waals surface area contributed by atoms with E-state index in [4.69, 9.17) is 4.74 Å². The lowest BCUT2D eigenvalue weighted by Crippen LogP contribution is -2.53. The highest BCUT2D eigenvalue weighted by Gasteiger charge is 2.37. The van der Waals surface area contributed by atoms with Crippen molar-refractivity contribution in [2.24, 2.45) is 0 Å². The molecule has 0 spiro atoms. The zero-order chi connectivity index (χ0) is 31.5. The number of amides is 2. The molecule has 4 heterocycles. The number of piperazine rings is 1. The number of hydrogen-bond donors (Lipinski definition) is 2. The molecule has 3 aliphatic heterocycles. The fourth-order valence-corrected chi connectivity index (χ4v) is 8.28. The Morgan fingerprint density at radius 1 is 0.978 bits per heavy atom. The molecule has 7 rings (SSSR count). The van der Waals surface area contributed by atoms with Crippen LogP contribution in [0, 0.1) is 0 Å². The Morgan fingerprint density at radius 2 is 1.71 bits per heavy atom. The zero-order valence-corrected chi connectivity index (χ0v) is 27.0. The van der Waals surface area contributed by atoms with Gasteiger partial charge in [0.1, 0.15) is 5.75 Å². The first-order valence-corrected chi connectivity index (χ1v) is 17.4. The van der Waals surface area contributed by atoms with Crippen molar-refractivity contribution in [1.29, 1.82) is 0 Å². The van der Waals surface area contributed by atoms with E-state index >= 15 is 0 Å². The number of aromatic nitrogens is 1. The standard InChI is InChI=1S/C34H41N5O5S/c1-37(2)45(42,43)36-33(40)22-9-13-29-30(17-22)39-18-24(34(41)38-19-25-10-11-26(20-38)35-25)15-23-16-27(44-3)12-14-28(23)32(39)31(29)21-7-5-4-6-8-21/h9,12-17,21,25-26,35H,4-8,10-11,18-20H2,1-3H3,(H,36,40). The summed E-state index contributed by atoms with van der Waals surface area (Å²) in [5, 5.41) is 4.66. The van der Waals surface area contributed by atoms with Crippen molar-refractivity contribution in [2.45, 2.75) is 69.5 Å². The van der Waals surface area contributed by atoms with Crippen LogP contribution >= 0.6 is 0 Å². The van der Waals surface area contributed by atoms with Gasteiger partial charge in [0.15, 0.2) is 0 Å². The number of nitrogens with one attached hydrogen (secondary N) is 2. The van der Waals surface area contributed by atoms with Crippen LogP contribution < -0.4 is 14.8 Å². The number of nitrogens with zero attached hydrogens (tertiary/aromatic N) is 3. The van der Waals surface area contributed by atoms with Gasteiger partial charge in [-0.1, -0.05) is 25.3 Å². The Bertz CT molecular complexity index is 1810. The number of likely N-dealkylation sites (tertiary alicyclic amines) is 1. The average Bonchev–Trinajstić information content (AvgIpc) is 3.48. The maximum absolute atomic E-state index is 14.3. The molecule has 0 radical (unpaired) electrons. The molecule has 2 unspecified atom stereocenters. The Morgan fingerprint density at radius 3 is 2.40 bits per heavy atom. The van der Waals surface area contributed by atoms with Gasteiger partial charge < -0.3 is 19.5 Å². The summed E-state index contributed by atoms with van der Waals surface area (Å²) < 4.78 is 36.0. The maximum Gasteiger partial charge on any atom is 0.303 e. The largest absolute Gasteiger partial charge is 0.497 e. The van der Waals surface area contributed by atoms with Crippen LogP contribution in [-0.4, -0.2) is 80.4 Å². The van der Waals surface area contributed by atoms with Gasteiger partial charge in [0.25, 0.3) is 11.8 Å². The van der Waals surface area contributed by atoms with E-state index in [2.05, 4.69) is 20.7 Å². The van der Waals surface area contributed by atoms with E-state index in [-0.39, 0.29) is 11.5 Å². The lowest BCUT2D eigenvalue weighted by Gasteiger charge is -2.33. The number of carbonyl (C=O) groups excluding carboxylic acids is 2. The SMILES string of the molecule is COc1ccc2c(c1)C=C(C(=O)N1CC3CCC(C1)N3)Cn1c-2c(C2CCCCC2)c2ccc(C(=O)NS(=O)(=O)N(C)C)cc21. The topological polar surface area (TPSA) is 113 Å². The number of benzene rings is 2. The average molecular weight is 632 g/mol. The molecule has 3 aromatic rings. The molecule has 4 aliphatic rings. The van der Waals surface area contributed by atoms with Gasteiger partial charge in [-0.2, -0.15) is 12.7 Å². The van der Waals surface area contributed by atoms with E-state index in [9.17, 15) is 18.0 Å². The predicted molar refractivity (Wildman–Crippen MR) is 174 cm³/mol. The highest BCUT2D eigenvalue weighted by molar-refractivity contribution is 7.87. The molecule has 2 atom stereocenters. The Hall–Kier alpha value is -3.67. The quantitative estimate of drug-likeness (QED) is 0.421. The summed E-state index contributed by atoms with van der Waals surface area (Å²) >= 11 is 0. The van der Waals surface area contributed by atoms with Crippen molar-refractivity contribution in [3.8, 4) is 17.0 Å². The summed E-state index contributed by atoms with van der Waals surface area (Å²) in [7, 11) is 0.441. The van der Waals surface area contributed by atoms with Crippen LogP contribution in [0.4, 0.5) is 0 Å². The fourth-order valence-electron chi connectivity index (χ4n) is 7.75. The zero-order valence-electron chi connectivity index (χ0n) is 26.1. The summed E-state index contributed by atoms with van der Waals surface area (Å²) in [5.41, 5.74) is 6.02. The molecule has 2 saturated heterocycles. The normalized spacial score (nSPS) is 21.7. The molecule has 2 aromatic carbocycles. The van der Waals surface area contributed by atoms with Crippen molar-refractivity contribution in [2.75, 3.05) is 34.3 Å². The Balaban J connectivity index is 1.40. The number of ether oxygens (including phenoxy) is 1. The third-order valence-electron chi connectivity index (χ3n) is 10.0. The molecule has 238 valence electrons. The maximum atomic E-state index is 14.3. The minimum absolute atomic E-state index is 0.0297. The summed E-state index contributed by atoms with van der Waals surface area (Å²) in [5.74, 6) is 0.397. The smallest absolute Gasteiger partial charge is 0.303 e. The predicted octanol–water partition coefficient (Wildman–Crippen LogP) is 4.26. The summed E-state index contributed by atoms with van der Waals surface area (Å²) in [6.45, 7) is 1.72. The number of rotatable bonds is 6. The van der Waals surface area contributed by atoms with Gasteiger partial charge in [-0.05, 0) is 79.1 Å². The number of methoxy groups -OCH3 is 1. The van der Waals surface area contributed by atoms with Crippen molar-refractivity contribution in [3.63, 3.8) is 0 Å². The molecule has 2 amide bonds. The van der Waals surface area contributed by atoms with Crippen LogP contribution in [0.25, 0.3) is 28.2 Å². The van der Waals surface area contributed by atoms with E-state index in [0.717, 1.165) is 76.3 Å². The van der Waals surface area contributed by atoms with Gasteiger partial charge in [-0.25, -0.2) is 4.72 Å². The number of hydrogen-bond acceptors (Lipinski definition) is 6. The lowest BCUT2D eigenvalue weighted by atomic mass is 9.81. The molecule has 1 aromatic heterocycles. The van der Waals surface area contributed by atoms with Crippen molar-refractivity contribution in [1.82, 2.24) is 23.8 Å². The third-order valence-corrected chi connectivity index (χ3v) is 11.4. The molecular weight excluding hydrogens is 590 g/mol. The minimum atomic E-state index is -3.97. The van der Waals surface area contributed by atoms with Gasteiger partial charge in [0, 0.05) is 66.9 Å². The van der Waals surface area contributed by atoms with E-state index in [1.807, 2.05) is 29.2 Å². The van der Waals surface area contributed by atoms with E-state index in [0.29, 0.717) is 43.2 Å². The highest BCUT2D eigenvalue weighted by atomic mass is 32.2. The fraction of sp³-hybridized carbons (Fsp3) is 0.471. The molecule has 45 heavy (non-hydrogen) atoms.